The fraction of sp³-hybridized carbons (Fsp3) is 0.333. The van der Waals surface area contributed by atoms with Crippen LogP contribution in [0.4, 0.5) is 11.4 Å². The molecule has 2 aromatic rings. The van der Waals surface area contributed by atoms with E-state index in [1.54, 1.807) is 48.5 Å². The standard InChI is InChI=1S/C24H22Cl2N4O4/c25-15-1-5-17(6-2-15)29-21(31)13-19(23(29)33)27-9-11-28(12-10-27)20-14-22(32)30(24(20)34)18-7-3-16(26)4-8-18/h1-8,19-20H,9-14H2/t19-,20+. The van der Waals surface area contributed by atoms with Crippen molar-refractivity contribution in [3.63, 3.8) is 0 Å². The van der Waals surface area contributed by atoms with E-state index in [1.165, 1.54) is 9.80 Å². The molecule has 5 rings (SSSR count). The average Bonchev–Trinajstić information content (AvgIpc) is 3.29. The summed E-state index contributed by atoms with van der Waals surface area (Å²) < 4.78 is 0. The second-order valence-electron chi connectivity index (χ2n) is 8.60. The van der Waals surface area contributed by atoms with Gasteiger partial charge in [0.05, 0.1) is 36.3 Å². The van der Waals surface area contributed by atoms with Crippen LogP contribution in [0.5, 0.6) is 0 Å². The maximum absolute atomic E-state index is 13.1. The Morgan fingerprint density at radius 2 is 0.882 bits per heavy atom. The number of hydrogen-bond donors (Lipinski definition) is 0. The minimum absolute atomic E-state index is 0.118. The van der Waals surface area contributed by atoms with Crippen LogP contribution in [0, 0.1) is 0 Å². The quantitative estimate of drug-likeness (QED) is 0.600. The predicted molar refractivity (Wildman–Crippen MR) is 128 cm³/mol. The number of piperazine rings is 1. The summed E-state index contributed by atoms with van der Waals surface area (Å²) in [5.74, 6) is -0.978. The zero-order valence-corrected chi connectivity index (χ0v) is 19.7. The molecule has 34 heavy (non-hydrogen) atoms. The fourth-order valence-corrected chi connectivity index (χ4v) is 5.14. The molecular formula is C24H22Cl2N4O4. The van der Waals surface area contributed by atoms with E-state index < -0.39 is 12.1 Å². The number of carbonyl (C=O) groups excluding carboxylic acids is 4. The van der Waals surface area contributed by atoms with Gasteiger partial charge in [-0.25, -0.2) is 9.80 Å². The number of carbonyl (C=O) groups is 4. The third kappa shape index (κ3) is 4.11. The molecule has 3 heterocycles. The largest absolute Gasteiger partial charge is 0.289 e. The molecule has 3 aliphatic heterocycles. The Morgan fingerprint density at radius 1 is 0.559 bits per heavy atom. The Bertz CT molecular complexity index is 1060. The van der Waals surface area contributed by atoms with Crippen molar-refractivity contribution in [3.05, 3.63) is 58.6 Å². The summed E-state index contributed by atoms with van der Waals surface area (Å²) in [5, 5.41) is 1.06. The van der Waals surface area contributed by atoms with Crippen LogP contribution >= 0.6 is 23.2 Å². The minimum atomic E-state index is -0.531. The summed E-state index contributed by atoms with van der Waals surface area (Å²) in [6, 6.07) is 12.2. The Morgan fingerprint density at radius 3 is 1.21 bits per heavy atom. The maximum atomic E-state index is 13.1. The molecule has 4 amide bonds. The first-order valence-electron chi connectivity index (χ1n) is 11.1. The SMILES string of the molecule is O=C1C[C@@H](N2CCN([C@H]3CC(=O)N(c4ccc(Cl)cc4)C3=O)CC2)C(=O)N1c1ccc(Cl)cc1. The van der Waals surface area contributed by atoms with Gasteiger partial charge >= 0.3 is 0 Å². The summed E-state index contributed by atoms with van der Waals surface area (Å²) in [6.07, 6.45) is 0.235. The van der Waals surface area contributed by atoms with Gasteiger partial charge < -0.3 is 0 Å². The van der Waals surface area contributed by atoms with Gasteiger partial charge in [0.25, 0.3) is 11.8 Å². The topological polar surface area (TPSA) is 81.2 Å². The lowest BCUT2D eigenvalue weighted by Crippen LogP contribution is -2.56. The zero-order chi connectivity index (χ0) is 24.0. The molecule has 3 saturated heterocycles. The highest BCUT2D eigenvalue weighted by atomic mass is 35.5. The number of benzene rings is 2. The van der Waals surface area contributed by atoms with E-state index in [9.17, 15) is 19.2 Å². The van der Waals surface area contributed by atoms with Crippen molar-refractivity contribution >= 4 is 58.2 Å². The Hall–Kier alpha value is -2.78. The van der Waals surface area contributed by atoms with Crippen LogP contribution in [0.3, 0.4) is 0 Å². The van der Waals surface area contributed by atoms with Crippen molar-refractivity contribution < 1.29 is 19.2 Å². The molecule has 2 aromatic carbocycles. The number of imide groups is 2. The van der Waals surface area contributed by atoms with Crippen molar-refractivity contribution in [1.82, 2.24) is 9.80 Å². The molecule has 0 aromatic heterocycles. The summed E-state index contributed by atoms with van der Waals surface area (Å²) in [7, 11) is 0. The second-order valence-corrected chi connectivity index (χ2v) is 9.47. The second kappa shape index (κ2) is 9.11. The van der Waals surface area contributed by atoms with E-state index in [-0.39, 0.29) is 36.5 Å². The zero-order valence-electron chi connectivity index (χ0n) is 18.2. The van der Waals surface area contributed by atoms with Crippen LogP contribution in [-0.2, 0) is 19.2 Å². The van der Waals surface area contributed by atoms with Crippen LogP contribution in [0.2, 0.25) is 10.0 Å². The van der Waals surface area contributed by atoms with Crippen molar-refractivity contribution in [1.29, 1.82) is 0 Å². The van der Waals surface area contributed by atoms with Gasteiger partial charge in [0.15, 0.2) is 0 Å². The first-order valence-corrected chi connectivity index (χ1v) is 11.8. The van der Waals surface area contributed by atoms with Crippen molar-refractivity contribution in [3.8, 4) is 0 Å². The predicted octanol–water partition coefficient (Wildman–Crippen LogP) is 2.58. The molecule has 0 spiro atoms. The molecule has 3 fully saturated rings. The lowest BCUT2D eigenvalue weighted by atomic mass is 10.1. The molecule has 0 N–H and O–H groups in total. The number of amides is 4. The number of hydrogen-bond acceptors (Lipinski definition) is 6. The molecule has 10 heteroatoms. The maximum Gasteiger partial charge on any atom is 0.251 e. The third-order valence-corrected chi connectivity index (χ3v) is 7.15. The molecule has 3 aliphatic rings. The summed E-state index contributed by atoms with van der Waals surface area (Å²) in [5.41, 5.74) is 1.02. The Kier molecular flexibility index (Phi) is 6.16. The van der Waals surface area contributed by atoms with E-state index in [4.69, 9.17) is 23.2 Å². The summed E-state index contributed by atoms with van der Waals surface area (Å²) in [4.78, 5) is 57.8. The Labute approximate surface area is 206 Å². The van der Waals surface area contributed by atoms with Crippen LogP contribution in [-0.4, -0.2) is 71.7 Å². The molecular weight excluding hydrogens is 479 g/mol. The van der Waals surface area contributed by atoms with E-state index >= 15 is 0 Å². The molecule has 0 unspecified atom stereocenters. The first-order chi connectivity index (χ1) is 16.3. The van der Waals surface area contributed by atoms with E-state index in [1.807, 2.05) is 9.80 Å². The fourth-order valence-electron chi connectivity index (χ4n) is 4.89. The van der Waals surface area contributed by atoms with Gasteiger partial charge in [-0.1, -0.05) is 23.2 Å². The average molecular weight is 501 g/mol. The highest BCUT2D eigenvalue weighted by Crippen LogP contribution is 2.30. The molecule has 0 bridgehead atoms. The first kappa shape index (κ1) is 23.0. The Balaban J connectivity index is 1.23. The van der Waals surface area contributed by atoms with Crippen molar-refractivity contribution in [2.45, 2.75) is 24.9 Å². The van der Waals surface area contributed by atoms with E-state index in [0.29, 0.717) is 47.6 Å². The summed E-state index contributed by atoms with van der Waals surface area (Å²) >= 11 is 11.8. The van der Waals surface area contributed by atoms with Crippen LogP contribution in [0.25, 0.3) is 0 Å². The van der Waals surface area contributed by atoms with Gasteiger partial charge in [-0.15, -0.1) is 0 Å². The van der Waals surface area contributed by atoms with Gasteiger partial charge in [0, 0.05) is 36.2 Å². The monoisotopic (exact) mass is 500 g/mol. The lowest BCUT2D eigenvalue weighted by Gasteiger charge is -2.38. The third-order valence-electron chi connectivity index (χ3n) is 6.65. The molecule has 8 nitrogen and oxygen atoms in total. The van der Waals surface area contributed by atoms with Gasteiger partial charge in [0.2, 0.25) is 11.8 Å². The number of rotatable bonds is 4. The molecule has 0 aliphatic carbocycles. The highest BCUT2D eigenvalue weighted by molar-refractivity contribution is 6.31. The minimum Gasteiger partial charge on any atom is -0.289 e. The molecule has 2 atom stereocenters. The lowest BCUT2D eigenvalue weighted by molar-refractivity contribution is -0.126. The van der Waals surface area contributed by atoms with Crippen LogP contribution in [0.15, 0.2) is 48.5 Å². The molecule has 176 valence electrons. The smallest absolute Gasteiger partial charge is 0.251 e. The summed E-state index contributed by atoms with van der Waals surface area (Å²) in [6.45, 7) is 2.10. The van der Waals surface area contributed by atoms with Crippen LogP contribution < -0.4 is 9.80 Å². The number of anilines is 2. The van der Waals surface area contributed by atoms with Gasteiger partial charge in [-0.2, -0.15) is 0 Å². The molecule has 0 saturated carbocycles. The van der Waals surface area contributed by atoms with Crippen LogP contribution in [0.1, 0.15) is 12.8 Å². The van der Waals surface area contributed by atoms with Gasteiger partial charge in [-0.05, 0) is 48.5 Å². The highest BCUT2D eigenvalue weighted by Gasteiger charge is 2.46. The number of halogens is 2. The van der Waals surface area contributed by atoms with Crippen molar-refractivity contribution in [2.24, 2.45) is 0 Å². The van der Waals surface area contributed by atoms with Crippen molar-refractivity contribution in [2.75, 3.05) is 36.0 Å². The molecule has 0 radical (unpaired) electrons. The van der Waals surface area contributed by atoms with Gasteiger partial charge in [-0.3, -0.25) is 29.0 Å². The number of nitrogens with zero attached hydrogens (tertiary/aromatic N) is 4. The van der Waals surface area contributed by atoms with Gasteiger partial charge in [0.1, 0.15) is 0 Å². The normalized spacial score (nSPS) is 24.5. The van der Waals surface area contributed by atoms with E-state index in [2.05, 4.69) is 0 Å². The van der Waals surface area contributed by atoms with E-state index in [0.717, 1.165) is 0 Å².